The zero-order valence-corrected chi connectivity index (χ0v) is 18.7. The van der Waals surface area contributed by atoms with E-state index in [-0.39, 0.29) is 17.1 Å². The zero-order valence-electron chi connectivity index (χ0n) is 17.9. The van der Waals surface area contributed by atoms with E-state index in [4.69, 9.17) is 16.0 Å². The van der Waals surface area contributed by atoms with E-state index in [9.17, 15) is 9.59 Å². The number of carbonyl (C=O) groups excluding carboxylic acids is 1. The molecule has 4 aromatic rings. The highest BCUT2D eigenvalue weighted by Gasteiger charge is 2.44. The molecule has 0 bridgehead atoms. The van der Waals surface area contributed by atoms with Gasteiger partial charge < -0.3 is 4.42 Å². The summed E-state index contributed by atoms with van der Waals surface area (Å²) in [4.78, 5) is 33.1. The highest BCUT2D eigenvalue weighted by molar-refractivity contribution is 6.31. The molecule has 32 heavy (non-hydrogen) atoms. The molecule has 0 saturated carbocycles. The average Bonchev–Trinajstić information content (AvgIpc) is 3.07. The third-order valence-corrected chi connectivity index (χ3v) is 6.13. The number of carbonyl (C=O) groups is 1. The number of rotatable bonds is 3. The predicted octanol–water partition coefficient (Wildman–Crippen LogP) is 6.02. The standard InChI is InChI=1S/C26H21ClN2O3/c1-14(2)16-4-6-17(7-5-16)23-22-24(30)19-13-18(27)8-9-20(19)32-25(22)26(31)29(23)21-12-15(3)10-11-28-21/h4-14,23H,1-3H3/t23-/m1/s1. The molecule has 0 saturated heterocycles. The Balaban J connectivity index is 1.79. The summed E-state index contributed by atoms with van der Waals surface area (Å²) >= 11 is 6.14. The van der Waals surface area contributed by atoms with E-state index >= 15 is 0 Å². The minimum absolute atomic E-state index is 0.0473. The number of nitrogens with zero attached hydrogens (tertiary/aromatic N) is 2. The quantitative estimate of drug-likeness (QED) is 0.387. The van der Waals surface area contributed by atoms with Crippen molar-refractivity contribution in [2.45, 2.75) is 32.7 Å². The van der Waals surface area contributed by atoms with Crippen LogP contribution in [-0.2, 0) is 0 Å². The van der Waals surface area contributed by atoms with E-state index in [1.165, 1.54) is 5.56 Å². The van der Waals surface area contributed by atoms with Gasteiger partial charge in [-0.2, -0.15) is 0 Å². The second-order valence-corrected chi connectivity index (χ2v) is 8.84. The lowest BCUT2D eigenvalue weighted by Crippen LogP contribution is -2.30. The lowest BCUT2D eigenvalue weighted by molar-refractivity contribution is 0.0970. The minimum Gasteiger partial charge on any atom is -0.450 e. The average molecular weight is 445 g/mol. The van der Waals surface area contributed by atoms with Gasteiger partial charge in [0.25, 0.3) is 5.91 Å². The number of benzene rings is 2. The van der Waals surface area contributed by atoms with Gasteiger partial charge in [0.15, 0.2) is 5.43 Å². The van der Waals surface area contributed by atoms with Crippen LogP contribution in [0.25, 0.3) is 11.0 Å². The Labute approximate surface area is 190 Å². The number of anilines is 1. The van der Waals surface area contributed by atoms with E-state index in [1.807, 2.05) is 43.3 Å². The van der Waals surface area contributed by atoms with Gasteiger partial charge in [0.1, 0.15) is 11.4 Å². The maximum absolute atomic E-state index is 13.6. The van der Waals surface area contributed by atoms with Gasteiger partial charge >= 0.3 is 0 Å². The van der Waals surface area contributed by atoms with Gasteiger partial charge in [0.2, 0.25) is 5.76 Å². The highest BCUT2D eigenvalue weighted by atomic mass is 35.5. The molecule has 0 N–H and O–H groups in total. The Kier molecular flexibility index (Phi) is 4.86. The largest absolute Gasteiger partial charge is 0.450 e. The Morgan fingerprint density at radius 3 is 2.47 bits per heavy atom. The molecule has 5 nitrogen and oxygen atoms in total. The molecule has 3 heterocycles. The summed E-state index contributed by atoms with van der Waals surface area (Å²) in [5, 5.41) is 0.788. The topological polar surface area (TPSA) is 63.4 Å². The number of pyridine rings is 1. The molecule has 2 aromatic heterocycles. The maximum Gasteiger partial charge on any atom is 0.296 e. The number of amides is 1. The number of aryl methyl sites for hydroxylation is 1. The van der Waals surface area contributed by atoms with Gasteiger partial charge in [-0.15, -0.1) is 0 Å². The first-order chi connectivity index (χ1) is 15.3. The molecule has 1 amide bonds. The molecule has 1 aliphatic rings. The molecule has 2 aromatic carbocycles. The van der Waals surface area contributed by atoms with Crippen LogP contribution in [0.2, 0.25) is 5.02 Å². The first-order valence-corrected chi connectivity index (χ1v) is 10.9. The fourth-order valence-corrected chi connectivity index (χ4v) is 4.38. The van der Waals surface area contributed by atoms with Gasteiger partial charge in [-0.1, -0.05) is 49.7 Å². The molecule has 0 unspecified atom stereocenters. The molecule has 1 aliphatic heterocycles. The summed E-state index contributed by atoms with van der Waals surface area (Å²) in [7, 11) is 0. The van der Waals surface area contributed by atoms with Crippen LogP contribution in [0.1, 0.15) is 58.6 Å². The molecule has 0 radical (unpaired) electrons. The second-order valence-electron chi connectivity index (χ2n) is 8.40. The van der Waals surface area contributed by atoms with Crippen LogP contribution in [0.15, 0.2) is 70.0 Å². The summed E-state index contributed by atoms with van der Waals surface area (Å²) in [6.07, 6.45) is 1.66. The highest BCUT2D eigenvalue weighted by Crippen LogP contribution is 2.41. The smallest absolute Gasteiger partial charge is 0.296 e. The molecule has 5 rings (SSSR count). The van der Waals surface area contributed by atoms with Gasteiger partial charge in [-0.05, 0) is 59.9 Å². The predicted molar refractivity (Wildman–Crippen MR) is 126 cm³/mol. The Morgan fingerprint density at radius 1 is 1.03 bits per heavy atom. The van der Waals surface area contributed by atoms with Crippen molar-refractivity contribution in [2.24, 2.45) is 0 Å². The lowest BCUT2D eigenvalue weighted by Gasteiger charge is -2.24. The van der Waals surface area contributed by atoms with Crippen molar-refractivity contribution in [2.75, 3.05) is 4.90 Å². The van der Waals surface area contributed by atoms with Crippen molar-refractivity contribution < 1.29 is 9.21 Å². The summed E-state index contributed by atoms with van der Waals surface area (Å²) in [6, 6.07) is 15.9. The maximum atomic E-state index is 13.6. The molecular weight excluding hydrogens is 424 g/mol. The molecule has 160 valence electrons. The third kappa shape index (κ3) is 3.21. The molecule has 6 heteroatoms. The fourth-order valence-electron chi connectivity index (χ4n) is 4.21. The summed E-state index contributed by atoms with van der Waals surface area (Å²) in [6.45, 7) is 6.18. The van der Waals surface area contributed by atoms with Crippen molar-refractivity contribution in [1.82, 2.24) is 4.98 Å². The van der Waals surface area contributed by atoms with Crippen molar-refractivity contribution in [1.29, 1.82) is 0 Å². The molecule has 0 aliphatic carbocycles. The van der Waals surface area contributed by atoms with E-state index in [2.05, 4.69) is 18.8 Å². The molecule has 1 atom stereocenters. The monoisotopic (exact) mass is 444 g/mol. The van der Waals surface area contributed by atoms with E-state index in [0.29, 0.717) is 33.3 Å². The number of hydrogen-bond donors (Lipinski definition) is 0. The van der Waals surface area contributed by atoms with E-state index in [1.54, 1.807) is 29.3 Å². The summed E-state index contributed by atoms with van der Waals surface area (Å²) in [5.74, 6) is 0.504. The Bertz CT molecular complexity index is 1420. The van der Waals surface area contributed by atoms with Crippen molar-refractivity contribution in [3.05, 3.63) is 104 Å². The Hall–Kier alpha value is -3.44. The van der Waals surface area contributed by atoms with Crippen LogP contribution >= 0.6 is 11.6 Å². The van der Waals surface area contributed by atoms with Crippen LogP contribution in [0.3, 0.4) is 0 Å². The zero-order chi connectivity index (χ0) is 22.6. The lowest BCUT2D eigenvalue weighted by atomic mass is 9.95. The molecule has 0 fully saturated rings. The van der Waals surface area contributed by atoms with Gasteiger partial charge in [0.05, 0.1) is 17.0 Å². The number of hydrogen-bond acceptors (Lipinski definition) is 4. The minimum atomic E-state index is -0.646. The summed E-state index contributed by atoms with van der Waals surface area (Å²) in [5.41, 5.74) is 3.34. The molecule has 0 spiro atoms. The summed E-state index contributed by atoms with van der Waals surface area (Å²) < 4.78 is 5.97. The van der Waals surface area contributed by atoms with E-state index < -0.39 is 6.04 Å². The molecular formula is C26H21ClN2O3. The first-order valence-electron chi connectivity index (χ1n) is 10.5. The van der Waals surface area contributed by atoms with E-state index in [0.717, 1.165) is 11.1 Å². The van der Waals surface area contributed by atoms with Crippen molar-refractivity contribution in [3.63, 3.8) is 0 Å². The van der Waals surface area contributed by atoms with Crippen LogP contribution in [-0.4, -0.2) is 10.9 Å². The Morgan fingerprint density at radius 2 is 1.78 bits per heavy atom. The van der Waals surface area contributed by atoms with Gasteiger partial charge in [0, 0.05) is 11.2 Å². The van der Waals surface area contributed by atoms with Crippen LogP contribution < -0.4 is 10.3 Å². The normalized spacial score (nSPS) is 15.6. The fraction of sp³-hybridized carbons (Fsp3) is 0.192. The van der Waals surface area contributed by atoms with Crippen molar-refractivity contribution >= 4 is 34.3 Å². The van der Waals surface area contributed by atoms with Crippen LogP contribution in [0.4, 0.5) is 5.82 Å². The first kappa shape index (κ1) is 20.5. The van der Waals surface area contributed by atoms with Crippen molar-refractivity contribution in [3.8, 4) is 0 Å². The second kappa shape index (κ2) is 7.61. The van der Waals surface area contributed by atoms with Gasteiger partial charge in [-0.25, -0.2) is 4.98 Å². The third-order valence-electron chi connectivity index (χ3n) is 5.90. The van der Waals surface area contributed by atoms with Gasteiger partial charge in [-0.3, -0.25) is 14.5 Å². The number of fused-ring (bicyclic) bond motifs is 2. The number of halogens is 1. The number of aromatic nitrogens is 1. The SMILES string of the molecule is Cc1ccnc(N2C(=O)c3oc4ccc(Cl)cc4c(=O)c3[C@H]2c2ccc(C(C)C)cc2)c1. The van der Waals surface area contributed by atoms with Crippen LogP contribution in [0, 0.1) is 6.92 Å². The van der Waals surface area contributed by atoms with Crippen LogP contribution in [0.5, 0.6) is 0 Å².